The molecule has 0 atom stereocenters. The third kappa shape index (κ3) is 4.75. The summed E-state index contributed by atoms with van der Waals surface area (Å²) in [6, 6.07) is 65.0. The first-order valence-electron chi connectivity index (χ1n) is 17.7. The van der Waals surface area contributed by atoms with Crippen LogP contribution in [-0.2, 0) is 5.41 Å². The highest BCUT2D eigenvalue weighted by Crippen LogP contribution is 2.52. The highest BCUT2D eigenvalue weighted by molar-refractivity contribution is 7.25. The summed E-state index contributed by atoms with van der Waals surface area (Å²) in [5.74, 6) is 0. The molecule has 1 aliphatic carbocycles. The van der Waals surface area contributed by atoms with Gasteiger partial charge in [0, 0.05) is 42.5 Å². The molecule has 1 nitrogen and oxygen atoms in total. The van der Waals surface area contributed by atoms with Gasteiger partial charge in [-0.1, -0.05) is 135 Å². The zero-order valence-corrected chi connectivity index (χ0v) is 29.4. The van der Waals surface area contributed by atoms with Gasteiger partial charge in [0.1, 0.15) is 0 Å². The van der Waals surface area contributed by atoms with E-state index in [9.17, 15) is 0 Å². The van der Waals surface area contributed by atoms with Gasteiger partial charge < -0.3 is 4.90 Å². The SMILES string of the molecule is CC1(C)c2ccccc2-c2ccc(N(c3ccccc3)c3cccc(-c4ccc5ccccc5c4)c3-c3ccc4sc5ccccc5c4c3)cc21. The minimum Gasteiger partial charge on any atom is -0.310 e. The van der Waals surface area contributed by atoms with Crippen LogP contribution in [-0.4, -0.2) is 0 Å². The van der Waals surface area contributed by atoms with Crippen molar-refractivity contribution in [3.8, 4) is 33.4 Å². The van der Waals surface area contributed by atoms with Crippen molar-refractivity contribution in [3.05, 3.63) is 187 Å². The van der Waals surface area contributed by atoms with E-state index in [4.69, 9.17) is 0 Å². The van der Waals surface area contributed by atoms with E-state index in [0.717, 1.165) is 17.1 Å². The van der Waals surface area contributed by atoms with Gasteiger partial charge in [0.05, 0.1) is 5.69 Å². The van der Waals surface area contributed by atoms with Crippen LogP contribution in [0.15, 0.2) is 176 Å². The summed E-state index contributed by atoms with van der Waals surface area (Å²) in [5, 5.41) is 5.10. The topological polar surface area (TPSA) is 3.24 Å². The van der Waals surface area contributed by atoms with Crippen LogP contribution in [0.2, 0.25) is 0 Å². The number of fused-ring (bicyclic) bond motifs is 7. The lowest BCUT2D eigenvalue weighted by molar-refractivity contribution is 0.660. The molecule has 51 heavy (non-hydrogen) atoms. The Balaban J connectivity index is 1.26. The van der Waals surface area contributed by atoms with Crippen molar-refractivity contribution in [1.82, 2.24) is 0 Å². The maximum Gasteiger partial charge on any atom is 0.0546 e. The average molecular weight is 670 g/mol. The van der Waals surface area contributed by atoms with Crippen LogP contribution in [0.4, 0.5) is 17.1 Å². The van der Waals surface area contributed by atoms with E-state index in [1.807, 2.05) is 11.3 Å². The van der Waals surface area contributed by atoms with E-state index >= 15 is 0 Å². The number of anilines is 3. The third-order valence-corrected chi connectivity index (χ3v) is 12.0. The molecule has 0 aliphatic heterocycles. The number of para-hydroxylation sites is 1. The number of thiophene rings is 1. The highest BCUT2D eigenvalue weighted by Gasteiger charge is 2.36. The molecular weight excluding hydrogens is 635 g/mol. The predicted octanol–water partition coefficient (Wildman–Crippen LogP) is 14.3. The van der Waals surface area contributed by atoms with Crippen LogP contribution in [0.25, 0.3) is 64.3 Å². The number of hydrogen-bond donors (Lipinski definition) is 0. The van der Waals surface area contributed by atoms with E-state index in [-0.39, 0.29) is 5.41 Å². The van der Waals surface area contributed by atoms with Gasteiger partial charge in [-0.15, -0.1) is 11.3 Å². The molecule has 2 heteroatoms. The summed E-state index contributed by atoms with van der Waals surface area (Å²) < 4.78 is 2.63. The van der Waals surface area contributed by atoms with E-state index in [2.05, 4.69) is 195 Å². The van der Waals surface area contributed by atoms with Gasteiger partial charge in [-0.2, -0.15) is 0 Å². The first kappa shape index (κ1) is 29.9. The van der Waals surface area contributed by atoms with Gasteiger partial charge in [0.15, 0.2) is 0 Å². The van der Waals surface area contributed by atoms with Crippen molar-refractivity contribution in [3.63, 3.8) is 0 Å². The smallest absolute Gasteiger partial charge is 0.0546 e. The molecule has 0 saturated carbocycles. The molecule has 9 aromatic rings. The van der Waals surface area contributed by atoms with E-state index in [1.54, 1.807) is 0 Å². The minimum atomic E-state index is -0.106. The molecule has 0 N–H and O–H groups in total. The van der Waals surface area contributed by atoms with E-state index < -0.39 is 0 Å². The van der Waals surface area contributed by atoms with Gasteiger partial charge in [-0.05, 0) is 104 Å². The Morgan fingerprint density at radius 2 is 1.14 bits per heavy atom. The zero-order chi connectivity index (χ0) is 34.1. The van der Waals surface area contributed by atoms with Crippen LogP contribution < -0.4 is 4.90 Å². The Hall–Kier alpha value is -5.96. The molecule has 0 unspecified atom stereocenters. The van der Waals surface area contributed by atoms with Crippen LogP contribution in [0.5, 0.6) is 0 Å². The second-order valence-electron chi connectivity index (χ2n) is 14.1. The van der Waals surface area contributed by atoms with Crippen LogP contribution >= 0.6 is 11.3 Å². The molecule has 1 aliphatic rings. The molecule has 0 fully saturated rings. The molecule has 1 aromatic heterocycles. The Morgan fingerprint density at radius 1 is 0.431 bits per heavy atom. The molecule has 0 amide bonds. The Morgan fingerprint density at radius 3 is 2.04 bits per heavy atom. The summed E-state index contributed by atoms with van der Waals surface area (Å²) in [6.45, 7) is 4.72. The molecule has 0 radical (unpaired) electrons. The monoisotopic (exact) mass is 669 g/mol. The number of rotatable bonds is 5. The quantitative estimate of drug-likeness (QED) is 0.176. The third-order valence-electron chi connectivity index (χ3n) is 10.8. The fraction of sp³-hybridized carbons (Fsp3) is 0.0612. The zero-order valence-electron chi connectivity index (χ0n) is 28.6. The molecular formula is C49H35NS. The van der Waals surface area contributed by atoms with Crippen molar-refractivity contribution in [2.75, 3.05) is 4.90 Å². The number of nitrogens with zero attached hydrogens (tertiary/aromatic N) is 1. The second-order valence-corrected chi connectivity index (χ2v) is 15.2. The van der Waals surface area contributed by atoms with Crippen molar-refractivity contribution < 1.29 is 0 Å². The summed E-state index contributed by atoms with van der Waals surface area (Å²) in [5.41, 5.74) is 13.6. The lowest BCUT2D eigenvalue weighted by Gasteiger charge is -2.31. The number of hydrogen-bond acceptors (Lipinski definition) is 2. The Bertz CT molecular complexity index is 2790. The standard InChI is InChI=1S/C49H35NS/c1-49(2)43-20-10-8-17-39(43)40-27-26-37(31-44(40)49)50(36-15-4-3-5-16-36)45-21-12-19-38(34-24-23-32-13-6-7-14-33(32)29-34)48(45)35-25-28-47-42(30-35)41-18-9-11-22-46(41)51-47/h3-31H,1-2H3. The lowest BCUT2D eigenvalue weighted by Crippen LogP contribution is -2.17. The van der Waals surface area contributed by atoms with E-state index in [1.165, 1.54) is 75.5 Å². The first-order chi connectivity index (χ1) is 25.0. The summed E-state index contributed by atoms with van der Waals surface area (Å²) in [7, 11) is 0. The first-order valence-corrected chi connectivity index (χ1v) is 18.5. The average Bonchev–Trinajstić information content (AvgIpc) is 3.66. The summed E-state index contributed by atoms with van der Waals surface area (Å²) in [4.78, 5) is 2.47. The van der Waals surface area contributed by atoms with Gasteiger partial charge >= 0.3 is 0 Å². The Kier molecular flexibility index (Phi) is 6.78. The van der Waals surface area contributed by atoms with Gasteiger partial charge in [0.2, 0.25) is 0 Å². The molecule has 8 aromatic carbocycles. The highest BCUT2D eigenvalue weighted by atomic mass is 32.1. The van der Waals surface area contributed by atoms with Crippen molar-refractivity contribution >= 4 is 59.3 Å². The normalized spacial score (nSPS) is 13.1. The summed E-state index contributed by atoms with van der Waals surface area (Å²) >= 11 is 1.87. The maximum atomic E-state index is 2.47. The molecule has 0 saturated heterocycles. The molecule has 10 rings (SSSR count). The largest absolute Gasteiger partial charge is 0.310 e. The van der Waals surface area contributed by atoms with Crippen molar-refractivity contribution in [2.24, 2.45) is 0 Å². The predicted molar refractivity (Wildman–Crippen MR) is 220 cm³/mol. The van der Waals surface area contributed by atoms with Crippen molar-refractivity contribution in [2.45, 2.75) is 19.3 Å². The van der Waals surface area contributed by atoms with Gasteiger partial charge in [-0.3, -0.25) is 0 Å². The Labute approximate surface area is 302 Å². The van der Waals surface area contributed by atoms with Gasteiger partial charge in [0.25, 0.3) is 0 Å². The molecule has 242 valence electrons. The van der Waals surface area contributed by atoms with Crippen LogP contribution in [0.1, 0.15) is 25.0 Å². The molecule has 1 heterocycles. The van der Waals surface area contributed by atoms with Crippen LogP contribution in [0.3, 0.4) is 0 Å². The molecule has 0 spiro atoms. The lowest BCUT2D eigenvalue weighted by atomic mass is 9.82. The summed E-state index contributed by atoms with van der Waals surface area (Å²) in [6.07, 6.45) is 0. The van der Waals surface area contributed by atoms with Gasteiger partial charge in [-0.25, -0.2) is 0 Å². The van der Waals surface area contributed by atoms with E-state index in [0.29, 0.717) is 0 Å². The fourth-order valence-corrected chi connectivity index (χ4v) is 9.43. The van der Waals surface area contributed by atoms with Crippen molar-refractivity contribution in [1.29, 1.82) is 0 Å². The second kappa shape index (κ2) is 11.6. The molecule has 0 bridgehead atoms. The fourth-order valence-electron chi connectivity index (χ4n) is 8.34. The number of benzene rings is 8. The minimum absolute atomic E-state index is 0.106. The van der Waals surface area contributed by atoms with Crippen LogP contribution in [0, 0.1) is 0 Å². The maximum absolute atomic E-state index is 2.47.